The Labute approximate surface area is 257 Å². The number of benzene rings is 2. The van der Waals surface area contributed by atoms with Gasteiger partial charge in [-0.25, -0.2) is 13.6 Å². The van der Waals surface area contributed by atoms with Crippen LogP contribution in [0.15, 0.2) is 36.4 Å². The number of esters is 1. The largest absolute Gasteiger partial charge is 0.491 e. The Morgan fingerprint density at radius 2 is 1.75 bits per heavy atom. The summed E-state index contributed by atoms with van der Waals surface area (Å²) in [5, 5.41) is 0. The molecule has 0 radical (unpaired) electrons. The van der Waals surface area contributed by atoms with Crippen molar-refractivity contribution in [1.29, 1.82) is 0 Å². The highest BCUT2D eigenvalue weighted by Crippen LogP contribution is 2.47. The summed E-state index contributed by atoms with van der Waals surface area (Å²) in [5.74, 6) is -0.647. The molecule has 6 rings (SSSR count). The van der Waals surface area contributed by atoms with E-state index in [0.717, 1.165) is 73.0 Å². The number of piperidine rings is 1. The van der Waals surface area contributed by atoms with Crippen molar-refractivity contribution >= 4 is 11.9 Å². The molecule has 0 bridgehead atoms. The molecule has 1 aliphatic carbocycles. The van der Waals surface area contributed by atoms with Crippen molar-refractivity contribution in [2.75, 3.05) is 26.7 Å². The van der Waals surface area contributed by atoms with Crippen molar-refractivity contribution in [3.05, 3.63) is 81.7 Å². The van der Waals surface area contributed by atoms with Crippen LogP contribution in [-0.4, -0.2) is 65.6 Å². The molecule has 1 amide bonds. The zero-order valence-electron chi connectivity index (χ0n) is 25.8. The topological polar surface area (TPSA) is 72.0 Å². The predicted octanol–water partition coefficient (Wildman–Crippen LogP) is 6.45. The smallest absolute Gasteiger partial charge is 0.339 e. The van der Waals surface area contributed by atoms with Crippen molar-refractivity contribution in [2.24, 2.45) is 0 Å². The average Bonchev–Trinajstić information content (AvgIpc) is 3.83. The van der Waals surface area contributed by atoms with Crippen LogP contribution in [0.5, 0.6) is 5.75 Å². The minimum Gasteiger partial charge on any atom is -0.491 e. The van der Waals surface area contributed by atoms with Crippen LogP contribution in [0.4, 0.5) is 8.78 Å². The summed E-state index contributed by atoms with van der Waals surface area (Å²) >= 11 is 0. The van der Waals surface area contributed by atoms with Gasteiger partial charge in [-0.2, -0.15) is 0 Å². The Kier molecular flexibility index (Phi) is 8.42. The number of hydrogen-bond donors (Lipinski definition) is 0. The Balaban J connectivity index is 1.19. The maximum atomic E-state index is 14.9. The lowest BCUT2D eigenvalue weighted by Crippen LogP contribution is -2.50. The van der Waals surface area contributed by atoms with E-state index in [1.165, 1.54) is 19.2 Å². The summed E-state index contributed by atoms with van der Waals surface area (Å²) in [6, 6.07) is 9.61. The van der Waals surface area contributed by atoms with Crippen LogP contribution in [0.3, 0.4) is 0 Å². The van der Waals surface area contributed by atoms with E-state index in [4.69, 9.17) is 9.47 Å². The molecule has 3 heterocycles. The Morgan fingerprint density at radius 3 is 2.41 bits per heavy atom. The second-order valence-electron chi connectivity index (χ2n) is 12.5. The van der Waals surface area contributed by atoms with Crippen LogP contribution in [0.25, 0.3) is 11.1 Å². The molecular weight excluding hydrogens is 564 g/mol. The van der Waals surface area contributed by atoms with Crippen molar-refractivity contribution in [1.82, 2.24) is 14.8 Å². The Morgan fingerprint density at radius 1 is 1.00 bits per heavy atom. The van der Waals surface area contributed by atoms with Crippen molar-refractivity contribution in [3.8, 4) is 16.9 Å². The van der Waals surface area contributed by atoms with Crippen molar-refractivity contribution in [3.63, 3.8) is 0 Å². The van der Waals surface area contributed by atoms with E-state index in [9.17, 15) is 18.4 Å². The van der Waals surface area contributed by atoms with E-state index in [2.05, 4.69) is 16.0 Å². The Bertz CT molecular complexity index is 1600. The highest BCUT2D eigenvalue weighted by Gasteiger charge is 2.35. The summed E-state index contributed by atoms with van der Waals surface area (Å²) in [7, 11) is 1.33. The quantitative estimate of drug-likeness (QED) is 0.276. The van der Waals surface area contributed by atoms with Crippen LogP contribution in [-0.2, 0) is 17.7 Å². The molecule has 9 heteroatoms. The molecule has 0 unspecified atom stereocenters. The fraction of sp³-hybridized carbons (Fsp3) is 0.457. The molecule has 1 saturated heterocycles. The summed E-state index contributed by atoms with van der Waals surface area (Å²) in [4.78, 5) is 34.7. The number of rotatable bonds is 8. The van der Waals surface area contributed by atoms with Gasteiger partial charge >= 0.3 is 5.97 Å². The number of carbonyl (C=O) groups is 2. The lowest BCUT2D eigenvalue weighted by molar-refractivity contribution is 0.0542. The van der Waals surface area contributed by atoms with Gasteiger partial charge < -0.3 is 14.4 Å². The molecule has 3 aliphatic rings. The number of aryl methyl sites for hydroxylation is 1. The number of methoxy groups -OCH3 is 1. The number of nitrogens with zero attached hydrogens (tertiary/aromatic N) is 3. The highest BCUT2D eigenvalue weighted by atomic mass is 19.1. The number of carbonyl (C=O) groups excluding carboxylic acids is 2. The average molecular weight is 604 g/mol. The maximum absolute atomic E-state index is 14.9. The number of pyridine rings is 1. The summed E-state index contributed by atoms with van der Waals surface area (Å²) < 4.78 is 39.8. The van der Waals surface area contributed by atoms with Crippen molar-refractivity contribution < 1.29 is 27.8 Å². The standard InChI is InChI=1S/C35H39F2N3O4/c1-20(2)44-33-18-29(26-8-7-24(36)16-31(26)37)28(22-5-6-22)15-23(33)19-39-12-9-25(10-13-39)40-14-11-32-30(34(40)41)17-27(21(3)38-32)35(42)43-4/h7-8,15-18,20,22,25H,5-6,9-14,19H2,1-4H3. The summed E-state index contributed by atoms with van der Waals surface area (Å²) in [6.07, 6.45) is 4.35. The molecule has 232 valence electrons. The zero-order chi connectivity index (χ0) is 31.1. The van der Waals surface area contributed by atoms with Gasteiger partial charge in [0, 0.05) is 55.8 Å². The minimum atomic E-state index is -0.592. The molecule has 2 fully saturated rings. The van der Waals surface area contributed by atoms with Crippen LogP contribution in [0.2, 0.25) is 0 Å². The second-order valence-corrected chi connectivity index (χ2v) is 12.5. The van der Waals surface area contributed by atoms with E-state index in [1.54, 1.807) is 13.0 Å². The third-order valence-electron chi connectivity index (χ3n) is 9.00. The molecule has 2 aromatic carbocycles. The Hall–Kier alpha value is -3.85. The molecule has 0 N–H and O–H groups in total. The first-order valence-electron chi connectivity index (χ1n) is 15.5. The van der Waals surface area contributed by atoms with Crippen LogP contribution >= 0.6 is 0 Å². The number of ether oxygens (including phenoxy) is 2. The molecule has 7 nitrogen and oxygen atoms in total. The lowest BCUT2D eigenvalue weighted by atomic mass is 9.92. The third-order valence-corrected chi connectivity index (χ3v) is 9.00. The molecule has 1 aromatic heterocycles. The third kappa shape index (κ3) is 6.07. The number of amides is 1. The molecule has 0 spiro atoms. The van der Waals surface area contributed by atoms with E-state index in [1.807, 2.05) is 24.8 Å². The molecule has 44 heavy (non-hydrogen) atoms. The molecule has 3 aromatic rings. The van der Waals surface area contributed by atoms with Gasteiger partial charge in [0.25, 0.3) is 5.91 Å². The molecular formula is C35H39F2N3O4. The molecule has 1 saturated carbocycles. The van der Waals surface area contributed by atoms with Crippen LogP contribution in [0.1, 0.15) is 88.7 Å². The van der Waals surface area contributed by atoms with Gasteiger partial charge in [-0.1, -0.05) is 0 Å². The van der Waals surface area contributed by atoms with E-state index in [0.29, 0.717) is 47.8 Å². The van der Waals surface area contributed by atoms with Gasteiger partial charge in [0.2, 0.25) is 0 Å². The van der Waals surface area contributed by atoms with E-state index in [-0.39, 0.29) is 18.1 Å². The fourth-order valence-electron chi connectivity index (χ4n) is 6.61. The lowest BCUT2D eigenvalue weighted by Gasteiger charge is -2.40. The summed E-state index contributed by atoms with van der Waals surface area (Å²) in [6.45, 7) is 8.63. The van der Waals surface area contributed by atoms with Gasteiger partial charge in [0.1, 0.15) is 17.4 Å². The molecule has 0 atom stereocenters. The maximum Gasteiger partial charge on any atom is 0.339 e. The van der Waals surface area contributed by atoms with E-state index >= 15 is 0 Å². The monoisotopic (exact) mass is 603 g/mol. The van der Waals surface area contributed by atoms with Gasteiger partial charge in [0.15, 0.2) is 0 Å². The number of hydrogen-bond acceptors (Lipinski definition) is 6. The summed E-state index contributed by atoms with van der Waals surface area (Å²) in [5.41, 5.74) is 5.45. The number of aromatic nitrogens is 1. The van der Waals surface area contributed by atoms with E-state index < -0.39 is 17.6 Å². The van der Waals surface area contributed by atoms with Crippen molar-refractivity contribution in [2.45, 2.75) is 77.5 Å². The number of halogens is 2. The predicted molar refractivity (Wildman–Crippen MR) is 163 cm³/mol. The SMILES string of the molecule is COC(=O)c1cc2c(nc1C)CCN(C1CCN(Cc3cc(C4CC4)c(-c4ccc(F)cc4F)cc3OC(C)C)CC1)C2=O. The first-order chi connectivity index (χ1) is 21.1. The van der Waals surface area contributed by atoms with Gasteiger partial charge in [0.05, 0.1) is 35.7 Å². The van der Waals surface area contributed by atoms with Crippen LogP contribution < -0.4 is 4.74 Å². The normalized spacial score (nSPS) is 17.6. The number of fused-ring (bicyclic) bond motifs is 1. The minimum absolute atomic E-state index is 0.0665. The van der Waals surface area contributed by atoms with Gasteiger partial charge in [-0.15, -0.1) is 0 Å². The second kappa shape index (κ2) is 12.3. The molecule has 2 aliphatic heterocycles. The van der Waals surface area contributed by atoms with Crippen LogP contribution in [0, 0.1) is 18.6 Å². The number of likely N-dealkylation sites (tertiary alicyclic amines) is 1. The fourth-order valence-corrected chi connectivity index (χ4v) is 6.61. The van der Waals surface area contributed by atoms with Gasteiger partial charge in [-0.3, -0.25) is 14.7 Å². The first-order valence-corrected chi connectivity index (χ1v) is 15.5. The zero-order valence-corrected chi connectivity index (χ0v) is 25.8. The van der Waals surface area contributed by atoms with Gasteiger partial charge in [-0.05, 0) is 93.8 Å². The highest BCUT2D eigenvalue weighted by molar-refractivity contribution is 6.00. The first kappa shape index (κ1) is 30.2.